The molecule has 4 aromatic rings. The Balaban J connectivity index is 1.51. The molecule has 0 aliphatic heterocycles. The molecule has 1 aliphatic rings. The Labute approximate surface area is 404 Å². The van der Waals surface area contributed by atoms with E-state index in [0.29, 0.717) is 6.04 Å². The monoisotopic (exact) mass is 916 g/mol. The average Bonchev–Trinajstić information content (AvgIpc) is 3.35. The first kappa shape index (κ1) is 53.7. The highest BCUT2D eigenvalue weighted by Gasteiger charge is 2.37. The highest BCUT2D eigenvalue weighted by atomic mass is 31.2. The Morgan fingerprint density at radius 2 is 0.538 bits per heavy atom. The SMILES string of the molecule is CCCCCCCCc1ccc(P(c2ccc(CCCCCCCC)cc2)N(C2CCCCC2)P(c2ccc(CCCCCCCC)cc2)c2ccc(CCCCCCCC)cc2)cc1. The predicted molar refractivity (Wildman–Crippen MR) is 295 cm³/mol. The van der Waals surface area contributed by atoms with E-state index in [-0.39, 0.29) is 0 Å². The number of hydrogen-bond acceptors (Lipinski definition) is 1. The Morgan fingerprint density at radius 1 is 0.308 bits per heavy atom. The summed E-state index contributed by atoms with van der Waals surface area (Å²) in [6, 6.07) is 41.2. The third-order valence-electron chi connectivity index (χ3n) is 14.3. The molecule has 0 N–H and O–H groups in total. The zero-order valence-corrected chi connectivity index (χ0v) is 44.3. The van der Waals surface area contributed by atoms with Gasteiger partial charge < -0.3 is 0 Å². The molecule has 1 aliphatic carbocycles. The van der Waals surface area contributed by atoms with Gasteiger partial charge in [0.2, 0.25) is 0 Å². The van der Waals surface area contributed by atoms with Crippen molar-refractivity contribution < 1.29 is 0 Å². The van der Waals surface area contributed by atoms with Crippen LogP contribution < -0.4 is 21.2 Å². The van der Waals surface area contributed by atoms with E-state index in [1.165, 1.54) is 255 Å². The molecule has 0 heterocycles. The van der Waals surface area contributed by atoms with E-state index < -0.39 is 16.1 Å². The quantitative estimate of drug-likeness (QED) is 0.0328. The molecule has 5 rings (SSSR count). The number of rotatable bonds is 35. The number of unbranched alkanes of at least 4 members (excludes halogenated alkanes) is 20. The molecular weight excluding hydrogens is 821 g/mol. The van der Waals surface area contributed by atoms with Gasteiger partial charge in [-0.25, -0.2) is 4.44 Å². The summed E-state index contributed by atoms with van der Waals surface area (Å²) < 4.78 is 3.17. The fourth-order valence-corrected chi connectivity index (χ4v) is 16.5. The van der Waals surface area contributed by atoms with Crippen LogP contribution in [-0.2, 0) is 25.7 Å². The first-order valence-corrected chi connectivity index (χ1v) is 30.5. The van der Waals surface area contributed by atoms with E-state index >= 15 is 0 Å². The molecule has 0 atom stereocenters. The highest BCUT2D eigenvalue weighted by molar-refractivity contribution is 7.84. The molecule has 0 saturated heterocycles. The lowest BCUT2D eigenvalue weighted by atomic mass is 9.96. The third-order valence-corrected chi connectivity index (χ3v) is 20.0. The van der Waals surface area contributed by atoms with Gasteiger partial charge in [-0.15, -0.1) is 0 Å². The summed E-state index contributed by atoms with van der Waals surface area (Å²) in [7, 11) is -1.56. The Morgan fingerprint density at radius 3 is 0.785 bits per heavy atom. The van der Waals surface area contributed by atoms with Crippen LogP contribution in [0.15, 0.2) is 97.1 Å². The van der Waals surface area contributed by atoms with Crippen molar-refractivity contribution in [2.45, 2.75) is 246 Å². The van der Waals surface area contributed by atoms with Gasteiger partial charge in [0, 0.05) is 22.2 Å². The minimum Gasteiger partial charge on any atom is -0.242 e. The highest BCUT2D eigenvalue weighted by Crippen LogP contribution is 2.58. The molecule has 0 aromatic heterocycles. The summed E-state index contributed by atoms with van der Waals surface area (Å²) in [5.74, 6) is 0. The van der Waals surface area contributed by atoms with Gasteiger partial charge in [-0.05, 0) is 108 Å². The first-order valence-electron chi connectivity index (χ1n) is 27.9. The summed E-state index contributed by atoms with van der Waals surface area (Å²) in [6.45, 7) is 9.28. The van der Waals surface area contributed by atoms with E-state index in [1.54, 1.807) is 0 Å². The van der Waals surface area contributed by atoms with Gasteiger partial charge in [-0.2, -0.15) is 0 Å². The van der Waals surface area contributed by atoms with E-state index in [0.717, 1.165) is 0 Å². The minimum atomic E-state index is -0.782. The van der Waals surface area contributed by atoms with Crippen molar-refractivity contribution in [1.82, 2.24) is 4.44 Å². The molecule has 0 radical (unpaired) electrons. The van der Waals surface area contributed by atoms with Crippen molar-refractivity contribution >= 4 is 37.4 Å². The lowest BCUT2D eigenvalue weighted by Gasteiger charge is -2.45. The van der Waals surface area contributed by atoms with Crippen LogP contribution in [0.25, 0.3) is 0 Å². The van der Waals surface area contributed by atoms with E-state index in [2.05, 4.69) is 129 Å². The van der Waals surface area contributed by atoms with E-state index in [1.807, 2.05) is 0 Å². The maximum Gasteiger partial charge on any atom is 0.0325 e. The Kier molecular flexibility index (Phi) is 27.4. The van der Waals surface area contributed by atoms with Crippen LogP contribution in [0.3, 0.4) is 0 Å². The van der Waals surface area contributed by atoms with Gasteiger partial charge in [0.15, 0.2) is 0 Å². The second-order valence-corrected chi connectivity index (χ2v) is 24.5. The molecule has 1 saturated carbocycles. The van der Waals surface area contributed by atoms with Crippen LogP contribution in [0, 0.1) is 0 Å². The summed E-state index contributed by atoms with van der Waals surface area (Å²) in [6.07, 6.45) is 44.0. The molecule has 3 heteroatoms. The molecule has 1 fully saturated rings. The van der Waals surface area contributed by atoms with Crippen LogP contribution in [-0.4, -0.2) is 10.5 Å². The van der Waals surface area contributed by atoms with E-state index in [4.69, 9.17) is 0 Å². The summed E-state index contributed by atoms with van der Waals surface area (Å²) in [5, 5.41) is 6.14. The molecule has 0 spiro atoms. The van der Waals surface area contributed by atoms with Crippen molar-refractivity contribution in [3.05, 3.63) is 119 Å². The minimum absolute atomic E-state index is 0.567. The largest absolute Gasteiger partial charge is 0.242 e. The van der Waals surface area contributed by atoms with Gasteiger partial charge in [0.25, 0.3) is 0 Å². The maximum atomic E-state index is 3.17. The lowest BCUT2D eigenvalue weighted by molar-refractivity contribution is 0.355. The normalized spacial score (nSPS) is 13.5. The fraction of sp³-hybridized carbons (Fsp3) is 0.613. The van der Waals surface area contributed by atoms with Gasteiger partial charge >= 0.3 is 0 Å². The predicted octanol–water partition coefficient (Wildman–Crippen LogP) is 18.3. The second-order valence-electron chi connectivity index (χ2n) is 20.0. The van der Waals surface area contributed by atoms with Crippen molar-refractivity contribution in [2.24, 2.45) is 0 Å². The molecule has 0 bridgehead atoms. The zero-order valence-electron chi connectivity index (χ0n) is 42.5. The number of aryl methyl sites for hydroxylation is 4. The van der Waals surface area contributed by atoms with Crippen LogP contribution >= 0.6 is 16.1 Å². The smallest absolute Gasteiger partial charge is 0.0325 e. The Hall–Kier alpha value is -2.30. The Bertz CT molecular complexity index is 1500. The van der Waals surface area contributed by atoms with Gasteiger partial charge in [-0.3, -0.25) is 0 Å². The van der Waals surface area contributed by atoms with Crippen molar-refractivity contribution in [3.63, 3.8) is 0 Å². The number of nitrogens with zero attached hydrogens (tertiary/aromatic N) is 1. The van der Waals surface area contributed by atoms with Crippen LogP contribution in [0.4, 0.5) is 0 Å². The van der Waals surface area contributed by atoms with Crippen LogP contribution in [0.1, 0.15) is 236 Å². The standard InChI is InChI=1S/C62H95NP2/c1-5-9-13-17-21-26-32-54-38-46-59(47-39-54)64(60-48-40-55(41-49-60)33-27-22-18-14-10-6-2)63(58-36-30-25-31-37-58)65(61-50-42-56(43-51-61)34-28-23-19-15-11-7-3)62-52-44-57(45-53-62)35-29-24-20-16-12-8-4/h38-53,58H,5-37H2,1-4H3. The topological polar surface area (TPSA) is 3.24 Å². The average molecular weight is 916 g/mol. The number of benzene rings is 4. The number of hydrogen-bond donors (Lipinski definition) is 0. The zero-order chi connectivity index (χ0) is 45.6. The second kappa shape index (κ2) is 33.2. The molecule has 1 nitrogen and oxygen atoms in total. The molecule has 65 heavy (non-hydrogen) atoms. The lowest BCUT2D eigenvalue weighted by Crippen LogP contribution is -2.39. The summed E-state index contributed by atoms with van der Waals surface area (Å²) in [4.78, 5) is 0. The van der Waals surface area contributed by atoms with Crippen molar-refractivity contribution in [3.8, 4) is 0 Å². The fourth-order valence-electron chi connectivity index (χ4n) is 10.2. The van der Waals surface area contributed by atoms with Gasteiger partial charge in [0.05, 0.1) is 0 Å². The third kappa shape index (κ3) is 19.7. The summed E-state index contributed by atoms with van der Waals surface area (Å²) >= 11 is 0. The van der Waals surface area contributed by atoms with Crippen molar-refractivity contribution in [1.29, 1.82) is 0 Å². The van der Waals surface area contributed by atoms with Crippen molar-refractivity contribution in [2.75, 3.05) is 0 Å². The molecule has 0 unspecified atom stereocenters. The van der Waals surface area contributed by atoms with E-state index in [9.17, 15) is 0 Å². The molecular formula is C62H95NP2. The maximum absolute atomic E-state index is 3.17. The summed E-state index contributed by atoms with van der Waals surface area (Å²) in [5.41, 5.74) is 6.06. The van der Waals surface area contributed by atoms with Crippen LogP contribution in [0.5, 0.6) is 0 Å². The van der Waals surface area contributed by atoms with Gasteiger partial charge in [0.1, 0.15) is 0 Å². The molecule has 0 amide bonds. The molecule has 4 aromatic carbocycles. The van der Waals surface area contributed by atoms with Gasteiger partial charge in [-0.1, -0.05) is 272 Å². The van der Waals surface area contributed by atoms with Crippen LogP contribution in [0.2, 0.25) is 0 Å². The first-order chi connectivity index (χ1) is 32.1. The molecule has 358 valence electrons.